The molecule has 0 heterocycles. The molecule has 0 saturated carbocycles. The van der Waals surface area contributed by atoms with Crippen LogP contribution in [-0.4, -0.2) is 11.5 Å². The van der Waals surface area contributed by atoms with Crippen molar-refractivity contribution in [2.75, 3.05) is 0 Å². The summed E-state index contributed by atoms with van der Waals surface area (Å²) in [6.45, 7) is 0. The van der Waals surface area contributed by atoms with Crippen LogP contribution in [0.3, 0.4) is 0 Å². The highest BCUT2D eigenvalue weighted by molar-refractivity contribution is 9.10. The maximum absolute atomic E-state index is 13.1. The molecule has 1 aromatic carbocycles. The smallest absolute Gasteiger partial charge is 0.268 e. The lowest BCUT2D eigenvalue weighted by Gasteiger charge is -2.12. The quantitative estimate of drug-likeness (QED) is 0.648. The van der Waals surface area contributed by atoms with Crippen LogP contribution < -0.4 is 0 Å². The molecule has 0 fully saturated rings. The average molecular weight is 273 g/mol. The predicted molar refractivity (Wildman–Crippen MR) is 45.0 cm³/mol. The van der Waals surface area contributed by atoms with Gasteiger partial charge in [0.05, 0.1) is 10.0 Å². The number of aliphatic hydroxyl groups is 1. The van der Waals surface area contributed by atoms with Crippen LogP contribution in [0, 0.1) is 11.6 Å². The van der Waals surface area contributed by atoms with E-state index in [9.17, 15) is 17.6 Å². The van der Waals surface area contributed by atoms with Crippen molar-refractivity contribution in [3.05, 3.63) is 33.8 Å². The van der Waals surface area contributed by atoms with E-state index >= 15 is 0 Å². The van der Waals surface area contributed by atoms with Crippen molar-refractivity contribution in [2.45, 2.75) is 12.5 Å². The Labute approximate surface area is 85.5 Å². The Bertz CT molecular complexity index is 342. The first kappa shape index (κ1) is 11.5. The molecule has 78 valence electrons. The van der Waals surface area contributed by atoms with Crippen molar-refractivity contribution in [2.24, 2.45) is 0 Å². The molecule has 0 aliphatic rings. The van der Waals surface area contributed by atoms with Crippen LogP contribution in [0.1, 0.15) is 11.7 Å². The Kier molecular flexibility index (Phi) is 3.49. The molecular formula is C8H5BrF4O. The zero-order valence-electron chi connectivity index (χ0n) is 6.65. The number of aliphatic hydroxyl groups excluding tert-OH is 1. The van der Waals surface area contributed by atoms with Gasteiger partial charge in [0.2, 0.25) is 0 Å². The molecule has 1 rings (SSSR count). The molecule has 0 aliphatic carbocycles. The van der Waals surface area contributed by atoms with Gasteiger partial charge in [0, 0.05) is 0 Å². The summed E-state index contributed by atoms with van der Waals surface area (Å²) in [6, 6.07) is 1.83. The van der Waals surface area contributed by atoms with Crippen LogP contribution in [0.4, 0.5) is 17.6 Å². The maximum atomic E-state index is 13.1. The van der Waals surface area contributed by atoms with Crippen molar-refractivity contribution < 1.29 is 22.7 Å². The van der Waals surface area contributed by atoms with Gasteiger partial charge >= 0.3 is 0 Å². The van der Waals surface area contributed by atoms with Gasteiger partial charge in [-0.1, -0.05) is 0 Å². The van der Waals surface area contributed by atoms with Crippen molar-refractivity contribution in [1.82, 2.24) is 0 Å². The molecule has 0 amide bonds. The number of rotatable bonds is 2. The predicted octanol–water partition coefficient (Wildman–Crippen LogP) is 3.03. The van der Waals surface area contributed by atoms with E-state index in [2.05, 4.69) is 15.9 Å². The summed E-state index contributed by atoms with van der Waals surface area (Å²) in [7, 11) is 0. The fourth-order valence-electron chi connectivity index (χ4n) is 0.940. The van der Waals surface area contributed by atoms with Gasteiger partial charge < -0.3 is 5.11 Å². The lowest BCUT2D eigenvalue weighted by atomic mass is 10.1. The molecule has 1 aromatic rings. The minimum absolute atomic E-state index is 0.173. The summed E-state index contributed by atoms with van der Waals surface area (Å²) < 4.78 is 49.8. The molecule has 1 atom stereocenters. The molecule has 0 spiro atoms. The van der Waals surface area contributed by atoms with E-state index in [1.807, 2.05) is 0 Å². The van der Waals surface area contributed by atoms with Gasteiger partial charge in [0.1, 0.15) is 17.7 Å². The number of hydrogen-bond acceptors (Lipinski definition) is 1. The zero-order chi connectivity index (χ0) is 10.9. The first-order valence-electron chi connectivity index (χ1n) is 3.54. The van der Waals surface area contributed by atoms with Crippen LogP contribution >= 0.6 is 15.9 Å². The summed E-state index contributed by atoms with van der Waals surface area (Å²) in [5.74, 6) is -2.41. The third kappa shape index (κ3) is 2.06. The molecule has 0 bridgehead atoms. The summed E-state index contributed by atoms with van der Waals surface area (Å²) in [6.07, 6.45) is -5.68. The molecule has 1 nitrogen and oxygen atoms in total. The van der Waals surface area contributed by atoms with Crippen molar-refractivity contribution >= 4 is 15.9 Å². The molecule has 1 N–H and O–H groups in total. The van der Waals surface area contributed by atoms with Gasteiger partial charge in [-0.3, -0.25) is 0 Å². The number of alkyl halides is 2. The van der Waals surface area contributed by atoms with E-state index in [4.69, 9.17) is 5.11 Å². The SMILES string of the molecule is OC(c1c(F)ccc(Br)c1F)C(F)F. The normalized spacial score (nSPS) is 13.4. The fourth-order valence-corrected chi connectivity index (χ4v) is 1.29. The van der Waals surface area contributed by atoms with Gasteiger partial charge in [-0.05, 0) is 28.1 Å². The molecule has 6 heteroatoms. The Hall–Kier alpha value is -0.620. The molecule has 0 saturated heterocycles. The second-order valence-electron chi connectivity index (χ2n) is 2.54. The first-order valence-corrected chi connectivity index (χ1v) is 4.34. The molecule has 0 aliphatic heterocycles. The largest absolute Gasteiger partial charge is 0.382 e. The first-order chi connectivity index (χ1) is 6.45. The van der Waals surface area contributed by atoms with Gasteiger partial charge in [-0.2, -0.15) is 0 Å². The molecule has 14 heavy (non-hydrogen) atoms. The summed E-state index contributed by atoms with van der Waals surface area (Å²) in [5, 5.41) is 8.83. The Morgan fingerprint density at radius 3 is 2.29 bits per heavy atom. The van der Waals surface area contributed by atoms with Crippen LogP contribution in [0.5, 0.6) is 0 Å². The Morgan fingerprint density at radius 1 is 1.21 bits per heavy atom. The fraction of sp³-hybridized carbons (Fsp3) is 0.250. The lowest BCUT2D eigenvalue weighted by Crippen LogP contribution is -2.12. The van der Waals surface area contributed by atoms with E-state index in [-0.39, 0.29) is 4.47 Å². The highest BCUT2D eigenvalue weighted by Gasteiger charge is 2.27. The number of halogens is 5. The molecule has 1 unspecified atom stereocenters. The van der Waals surface area contributed by atoms with E-state index in [1.165, 1.54) is 0 Å². The van der Waals surface area contributed by atoms with Crippen LogP contribution in [0.25, 0.3) is 0 Å². The third-order valence-corrected chi connectivity index (χ3v) is 2.23. The monoisotopic (exact) mass is 272 g/mol. The summed E-state index contributed by atoms with van der Waals surface area (Å²) >= 11 is 2.70. The van der Waals surface area contributed by atoms with E-state index < -0.39 is 29.7 Å². The summed E-state index contributed by atoms with van der Waals surface area (Å²) in [5.41, 5.74) is -1.02. The highest BCUT2D eigenvalue weighted by atomic mass is 79.9. The minimum Gasteiger partial charge on any atom is -0.382 e. The van der Waals surface area contributed by atoms with Crippen LogP contribution in [0.15, 0.2) is 16.6 Å². The maximum Gasteiger partial charge on any atom is 0.268 e. The van der Waals surface area contributed by atoms with E-state index in [1.54, 1.807) is 0 Å². The minimum atomic E-state index is -3.23. The van der Waals surface area contributed by atoms with E-state index in [0.29, 0.717) is 0 Å². The van der Waals surface area contributed by atoms with E-state index in [0.717, 1.165) is 12.1 Å². The van der Waals surface area contributed by atoms with Crippen molar-refractivity contribution in [3.63, 3.8) is 0 Å². The molecular weight excluding hydrogens is 268 g/mol. The van der Waals surface area contributed by atoms with Crippen molar-refractivity contribution in [3.8, 4) is 0 Å². The summed E-state index contributed by atoms with van der Waals surface area (Å²) in [4.78, 5) is 0. The van der Waals surface area contributed by atoms with Gasteiger partial charge in [-0.15, -0.1) is 0 Å². The Morgan fingerprint density at radius 2 is 1.79 bits per heavy atom. The third-order valence-electron chi connectivity index (χ3n) is 1.61. The topological polar surface area (TPSA) is 20.2 Å². The van der Waals surface area contributed by atoms with Crippen molar-refractivity contribution in [1.29, 1.82) is 0 Å². The molecule has 0 aromatic heterocycles. The lowest BCUT2D eigenvalue weighted by molar-refractivity contribution is -0.00984. The van der Waals surface area contributed by atoms with Gasteiger partial charge in [0.15, 0.2) is 0 Å². The number of benzene rings is 1. The second kappa shape index (κ2) is 4.27. The van der Waals surface area contributed by atoms with Crippen LogP contribution in [0.2, 0.25) is 0 Å². The number of hydrogen-bond donors (Lipinski definition) is 1. The second-order valence-corrected chi connectivity index (χ2v) is 3.39. The standard InChI is InChI=1S/C8H5BrF4O/c9-3-1-2-4(10)5(6(3)11)7(14)8(12)13/h1-2,7-8,14H. The van der Waals surface area contributed by atoms with Crippen LogP contribution in [-0.2, 0) is 0 Å². The average Bonchev–Trinajstić information content (AvgIpc) is 2.12. The molecule has 0 radical (unpaired) electrons. The Balaban J connectivity index is 3.25. The zero-order valence-corrected chi connectivity index (χ0v) is 8.23. The van der Waals surface area contributed by atoms with Gasteiger partial charge in [0.25, 0.3) is 6.43 Å². The highest BCUT2D eigenvalue weighted by Crippen LogP contribution is 2.29. The van der Waals surface area contributed by atoms with Gasteiger partial charge in [-0.25, -0.2) is 17.6 Å².